The summed E-state index contributed by atoms with van der Waals surface area (Å²) in [5, 5.41) is 3.65. The molecule has 1 saturated heterocycles. The fraction of sp³-hybridized carbons (Fsp3) is 0.647. The third-order valence-corrected chi connectivity index (χ3v) is 4.29. The predicted molar refractivity (Wildman–Crippen MR) is 82.3 cm³/mol. The predicted octanol–water partition coefficient (Wildman–Crippen LogP) is 3.47. The van der Waals surface area contributed by atoms with Crippen LogP contribution in [-0.4, -0.2) is 26.4 Å². The van der Waals surface area contributed by atoms with E-state index in [-0.39, 0.29) is 0 Å². The molecule has 1 N–H and O–H groups in total. The minimum atomic E-state index is 0.372. The van der Waals surface area contributed by atoms with E-state index in [9.17, 15) is 0 Å². The van der Waals surface area contributed by atoms with Gasteiger partial charge in [0.15, 0.2) is 0 Å². The summed E-state index contributed by atoms with van der Waals surface area (Å²) in [6.07, 6.45) is 2.60. The molecule has 0 radical (unpaired) electrons. The lowest BCUT2D eigenvalue weighted by Crippen LogP contribution is -2.32. The maximum atomic E-state index is 5.87. The van der Waals surface area contributed by atoms with Gasteiger partial charge in [0.05, 0.1) is 13.2 Å². The Bertz CT molecular complexity index is 433. The molecule has 0 aliphatic carbocycles. The Hall–Kier alpha value is -1.06. The van der Waals surface area contributed by atoms with Crippen molar-refractivity contribution in [1.82, 2.24) is 5.32 Å². The topological polar surface area (TPSA) is 30.5 Å². The Labute approximate surface area is 122 Å². The van der Waals surface area contributed by atoms with E-state index in [1.165, 1.54) is 11.1 Å². The molecular formula is C17H27NO2. The average Bonchev–Trinajstić information content (AvgIpc) is 2.92. The standard InChI is InChI=1S/C17H27NO2/c1-5-15-14(9-10-20-15)17(18-6-2)13-7-8-16(19-4)12(3)11-13/h7-8,11,14-15,17-18H,5-6,9-10H2,1-4H3. The third-order valence-electron chi connectivity index (χ3n) is 4.29. The Morgan fingerprint density at radius 2 is 2.20 bits per heavy atom. The average molecular weight is 277 g/mol. The van der Waals surface area contributed by atoms with Gasteiger partial charge in [-0.2, -0.15) is 0 Å². The highest BCUT2D eigenvalue weighted by molar-refractivity contribution is 5.37. The molecule has 3 nitrogen and oxygen atoms in total. The first kappa shape index (κ1) is 15.3. The van der Waals surface area contributed by atoms with Crippen LogP contribution in [0.1, 0.15) is 43.9 Å². The van der Waals surface area contributed by atoms with Crippen molar-refractivity contribution in [2.75, 3.05) is 20.3 Å². The van der Waals surface area contributed by atoms with Gasteiger partial charge in [0, 0.05) is 18.6 Å². The molecule has 1 aliphatic heterocycles. The van der Waals surface area contributed by atoms with E-state index in [1.807, 2.05) is 0 Å². The zero-order chi connectivity index (χ0) is 14.5. The molecule has 2 rings (SSSR count). The van der Waals surface area contributed by atoms with Crippen LogP contribution in [0.15, 0.2) is 18.2 Å². The molecular weight excluding hydrogens is 250 g/mol. The van der Waals surface area contributed by atoms with Gasteiger partial charge >= 0.3 is 0 Å². The fourth-order valence-electron chi connectivity index (χ4n) is 3.30. The SMILES string of the molecule is CCNC(c1ccc(OC)c(C)c1)C1CCOC1CC. The molecule has 1 fully saturated rings. The summed E-state index contributed by atoms with van der Waals surface area (Å²) >= 11 is 0. The van der Waals surface area contributed by atoms with Crippen LogP contribution in [0.5, 0.6) is 5.75 Å². The van der Waals surface area contributed by atoms with Crippen molar-refractivity contribution in [3.05, 3.63) is 29.3 Å². The Kier molecular flexibility index (Phi) is 5.44. The first-order chi connectivity index (χ1) is 9.71. The molecule has 0 amide bonds. The summed E-state index contributed by atoms with van der Waals surface area (Å²) in [6, 6.07) is 6.88. The number of ether oxygens (including phenoxy) is 2. The summed E-state index contributed by atoms with van der Waals surface area (Å²) in [4.78, 5) is 0. The molecule has 3 atom stereocenters. The Morgan fingerprint density at radius 1 is 1.40 bits per heavy atom. The molecule has 3 heteroatoms. The van der Waals surface area contributed by atoms with Gasteiger partial charge in [0.2, 0.25) is 0 Å². The minimum Gasteiger partial charge on any atom is -0.496 e. The van der Waals surface area contributed by atoms with E-state index < -0.39 is 0 Å². The highest BCUT2D eigenvalue weighted by Gasteiger charge is 2.34. The van der Waals surface area contributed by atoms with Crippen LogP contribution in [0.25, 0.3) is 0 Å². The van der Waals surface area contributed by atoms with Gasteiger partial charge in [-0.15, -0.1) is 0 Å². The summed E-state index contributed by atoms with van der Waals surface area (Å²) < 4.78 is 11.2. The fourth-order valence-corrected chi connectivity index (χ4v) is 3.30. The number of aryl methyl sites for hydroxylation is 1. The summed E-state index contributed by atoms with van der Waals surface area (Å²) in [6.45, 7) is 8.35. The van der Waals surface area contributed by atoms with Gasteiger partial charge in [-0.05, 0) is 43.5 Å². The highest BCUT2D eigenvalue weighted by atomic mass is 16.5. The van der Waals surface area contributed by atoms with E-state index in [4.69, 9.17) is 9.47 Å². The molecule has 0 aromatic heterocycles. The number of benzene rings is 1. The lowest BCUT2D eigenvalue weighted by atomic mass is 9.86. The number of hydrogen-bond donors (Lipinski definition) is 1. The lowest BCUT2D eigenvalue weighted by molar-refractivity contribution is 0.0776. The normalized spacial score (nSPS) is 23.8. The molecule has 0 saturated carbocycles. The van der Waals surface area contributed by atoms with Gasteiger partial charge in [-0.3, -0.25) is 0 Å². The second-order valence-corrected chi connectivity index (χ2v) is 5.53. The maximum absolute atomic E-state index is 5.87. The minimum absolute atomic E-state index is 0.372. The first-order valence-corrected chi connectivity index (χ1v) is 7.70. The maximum Gasteiger partial charge on any atom is 0.121 e. The Balaban J connectivity index is 2.25. The van der Waals surface area contributed by atoms with E-state index in [2.05, 4.69) is 44.3 Å². The van der Waals surface area contributed by atoms with Gasteiger partial charge in [-0.25, -0.2) is 0 Å². The molecule has 1 aromatic carbocycles. The van der Waals surface area contributed by atoms with E-state index in [0.717, 1.165) is 31.7 Å². The van der Waals surface area contributed by atoms with Gasteiger partial charge in [0.25, 0.3) is 0 Å². The first-order valence-electron chi connectivity index (χ1n) is 7.70. The number of nitrogens with one attached hydrogen (secondary N) is 1. The van der Waals surface area contributed by atoms with Crippen LogP contribution in [0.4, 0.5) is 0 Å². The molecule has 1 aromatic rings. The third kappa shape index (κ3) is 3.15. The van der Waals surface area contributed by atoms with Gasteiger partial charge in [-0.1, -0.05) is 26.0 Å². The van der Waals surface area contributed by atoms with Crippen molar-refractivity contribution >= 4 is 0 Å². The molecule has 0 bridgehead atoms. The van der Waals surface area contributed by atoms with Gasteiger partial charge in [0.1, 0.15) is 5.75 Å². The second kappa shape index (κ2) is 7.09. The van der Waals surface area contributed by atoms with E-state index >= 15 is 0 Å². The monoisotopic (exact) mass is 277 g/mol. The van der Waals surface area contributed by atoms with Crippen molar-refractivity contribution < 1.29 is 9.47 Å². The van der Waals surface area contributed by atoms with Crippen molar-refractivity contribution in [2.24, 2.45) is 5.92 Å². The van der Waals surface area contributed by atoms with Crippen LogP contribution in [0.2, 0.25) is 0 Å². The van der Waals surface area contributed by atoms with Gasteiger partial charge < -0.3 is 14.8 Å². The zero-order valence-electron chi connectivity index (χ0n) is 13.1. The van der Waals surface area contributed by atoms with Crippen molar-refractivity contribution in [2.45, 2.75) is 45.8 Å². The molecule has 20 heavy (non-hydrogen) atoms. The lowest BCUT2D eigenvalue weighted by Gasteiger charge is -2.28. The zero-order valence-corrected chi connectivity index (χ0v) is 13.1. The smallest absolute Gasteiger partial charge is 0.121 e. The van der Waals surface area contributed by atoms with Crippen LogP contribution in [-0.2, 0) is 4.74 Å². The van der Waals surface area contributed by atoms with Crippen molar-refractivity contribution in [1.29, 1.82) is 0 Å². The molecule has 1 heterocycles. The van der Waals surface area contributed by atoms with Crippen molar-refractivity contribution in [3.8, 4) is 5.75 Å². The van der Waals surface area contributed by atoms with Crippen LogP contribution in [0.3, 0.4) is 0 Å². The number of rotatable bonds is 6. The number of methoxy groups -OCH3 is 1. The Morgan fingerprint density at radius 3 is 2.80 bits per heavy atom. The van der Waals surface area contributed by atoms with E-state index in [1.54, 1.807) is 7.11 Å². The molecule has 0 spiro atoms. The quantitative estimate of drug-likeness (QED) is 0.863. The molecule has 112 valence electrons. The van der Waals surface area contributed by atoms with Crippen LogP contribution < -0.4 is 10.1 Å². The van der Waals surface area contributed by atoms with Crippen LogP contribution >= 0.6 is 0 Å². The largest absolute Gasteiger partial charge is 0.496 e. The molecule has 1 aliphatic rings. The second-order valence-electron chi connectivity index (χ2n) is 5.53. The summed E-state index contributed by atoms with van der Waals surface area (Å²) in [7, 11) is 1.72. The molecule has 3 unspecified atom stereocenters. The van der Waals surface area contributed by atoms with Crippen molar-refractivity contribution in [3.63, 3.8) is 0 Å². The highest BCUT2D eigenvalue weighted by Crippen LogP contribution is 2.36. The summed E-state index contributed by atoms with van der Waals surface area (Å²) in [5.41, 5.74) is 2.54. The number of hydrogen-bond acceptors (Lipinski definition) is 3. The summed E-state index contributed by atoms with van der Waals surface area (Å²) in [5.74, 6) is 1.52. The van der Waals surface area contributed by atoms with Crippen LogP contribution in [0, 0.1) is 12.8 Å². The van der Waals surface area contributed by atoms with E-state index in [0.29, 0.717) is 18.1 Å².